The molecule has 0 spiro atoms. The van der Waals surface area contributed by atoms with Gasteiger partial charge in [0.2, 0.25) is 0 Å². The molecule has 1 aromatic carbocycles. The lowest BCUT2D eigenvalue weighted by Crippen LogP contribution is -2.19. The summed E-state index contributed by atoms with van der Waals surface area (Å²) in [6.07, 6.45) is 2.48. The van der Waals surface area contributed by atoms with Gasteiger partial charge in [-0.3, -0.25) is 4.90 Å². The fourth-order valence-electron chi connectivity index (χ4n) is 2.03. The molecule has 0 amide bonds. The van der Waals surface area contributed by atoms with Crippen LogP contribution in [0.15, 0.2) is 18.2 Å². The average Bonchev–Trinajstić information content (AvgIpc) is 2.74. The van der Waals surface area contributed by atoms with Crippen molar-refractivity contribution < 1.29 is 4.39 Å². The third kappa shape index (κ3) is 2.55. The van der Waals surface area contributed by atoms with E-state index in [-0.39, 0.29) is 5.82 Å². The van der Waals surface area contributed by atoms with Crippen LogP contribution in [0.3, 0.4) is 0 Å². The fourth-order valence-corrected chi connectivity index (χ4v) is 2.03. The molecular weight excluding hydrogens is 191 g/mol. The van der Waals surface area contributed by atoms with Gasteiger partial charge in [-0.05, 0) is 37.6 Å². The van der Waals surface area contributed by atoms with Gasteiger partial charge < -0.3 is 5.73 Å². The summed E-state index contributed by atoms with van der Waals surface area (Å²) in [5.41, 5.74) is 7.10. The lowest BCUT2D eigenvalue weighted by molar-refractivity contribution is 0.325. The first-order valence-electron chi connectivity index (χ1n) is 5.49. The standard InChI is InChI=1S/C12H17FN2/c13-12-7-10(8-14)3-4-11(12)9-15-5-1-2-6-15/h3-4,7H,1-2,5-6,8-9,14H2. The number of hydrogen-bond donors (Lipinski definition) is 1. The van der Waals surface area contributed by atoms with Gasteiger partial charge >= 0.3 is 0 Å². The number of benzene rings is 1. The summed E-state index contributed by atoms with van der Waals surface area (Å²) in [4.78, 5) is 2.29. The molecule has 2 N–H and O–H groups in total. The maximum absolute atomic E-state index is 13.6. The molecule has 0 radical (unpaired) electrons. The summed E-state index contributed by atoms with van der Waals surface area (Å²) in [5, 5.41) is 0. The second kappa shape index (κ2) is 4.73. The van der Waals surface area contributed by atoms with E-state index in [9.17, 15) is 4.39 Å². The second-order valence-corrected chi connectivity index (χ2v) is 4.11. The van der Waals surface area contributed by atoms with Crippen LogP contribution < -0.4 is 5.73 Å². The summed E-state index contributed by atoms with van der Waals surface area (Å²) in [5.74, 6) is -0.121. The van der Waals surface area contributed by atoms with Crippen molar-refractivity contribution in [2.24, 2.45) is 5.73 Å². The molecule has 1 aromatic rings. The van der Waals surface area contributed by atoms with Gasteiger partial charge in [-0.15, -0.1) is 0 Å². The van der Waals surface area contributed by atoms with E-state index in [1.165, 1.54) is 12.8 Å². The summed E-state index contributed by atoms with van der Waals surface area (Å²) >= 11 is 0. The molecule has 0 aliphatic carbocycles. The minimum atomic E-state index is -0.121. The van der Waals surface area contributed by atoms with Crippen molar-refractivity contribution in [1.82, 2.24) is 4.90 Å². The Morgan fingerprint density at radius 1 is 1.27 bits per heavy atom. The zero-order valence-electron chi connectivity index (χ0n) is 8.88. The van der Waals surface area contributed by atoms with E-state index in [1.54, 1.807) is 6.07 Å². The highest BCUT2D eigenvalue weighted by molar-refractivity contribution is 5.24. The molecule has 2 nitrogen and oxygen atoms in total. The van der Waals surface area contributed by atoms with Crippen LogP contribution in [0.1, 0.15) is 24.0 Å². The highest BCUT2D eigenvalue weighted by Gasteiger charge is 2.13. The van der Waals surface area contributed by atoms with Gasteiger partial charge in [-0.1, -0.05) is 12.1 Å². The Balaban J connectivity index is 2.07. The van der Waals surface area contributed by atoms with Crippen LogP contribution in [0.4, 0.5) is 4.39 Å². The molecule has 1 heterocycles. The zero-order valence-corrected chi connectivity index (χ0v) is 8.88. The largest absolute Gasteiger partial charge is 0.326 e. The quantitative estimate of drug-likeness (QED) is 0.821. The third-order valence-electron chi connectivity index (χ3n) is 2.95. The number of nitrogens with zero attached hydrogens (tertiary/aromatic N) is 1. The number of rotatable bonds is 3. The second-order valence-electron chi connectivity index (χ2n) is 4.11. The van der Waals surface area contributed by atoms with Gasteiger partial charge in [-0.25, -0.2) is 4.39 Å². The predicted molar refractivity (Wildman–Crippen MR) is 58.8 cm³/mol. The Morgan fingerprint density at radius 2 is 2.00 bits per heavy atom. The highest BCUT2D eigenvalue weighted by Crippen LogP contribution is 2.16. The number of hydrogen-bond acceptors (Lipinski definition) is 2. The molecule has 82 valence electrons. The van der Waals surface area contributed by atoms with Crippen LogP contribution in [-0.2, 0) is 13.1 Å². The first kappa shape index (κ1) is 10.6. The highest BCUT2D eigenvalue weighted by atomic mass is 19.1. The van der Waals surface area contributed by atoms with Crippen molar-refractivity contribution in [1.29, 1.82) is 0 Å². The number of nitrogens with two attached hydrogens (primary N) is 1. The number of halogens is 1. The monoisotopic (exact) mass is 208 g/mol. The molecule has 0 bridgehead atoms. The molecule has 0 atom stereocenters. The van der Waals surface area contributed by atoms with E-state index in [4.69, 9.17) is 5.73 Å². The summed E-state index contributed by atoms with van der Waals surface area (Å²) in [7, 11) is 0. The fraction of sp³-hybridized carbons (Fsp3) is 0.500. The van der Waals surface area contributed by atoms with E-state index < -0.39 is 0 Å². The molecule has 1 aliphatic rings. The molecule has 0 saturated carbocycles. The van der Waals surface area contributed by atoms with Crippen molar-refractivity contribution in [2.45, 2.75) is 25.9 Å². The van der Waals surface area contributed by atoms with Gasteiger partial charge in [-0.2, -0.15) is 0 Å². The Bertz CT molecular complexity index is 332. The first-order valence-corrected chi connectivity index (χ1v) is 5.49. The van der Waals surface area contributed by atoms with E-state index in [0.29, 0.717) is 6.54 Å². The van der Waals surface area contributed by atoms with Crippen molar-refractivity contribution in [3.63, 3.8) is 0 Å². The van der Waals surface area contributed by atoms with Crippen LogP contribution in [0.25, 0.3) is 0 Å². The summed E-state index contributed by atoms with van der Waals surface area (Å²) < 4.78 is 13.6. The lowest BCUT2D eigenvalue weighted by atomic mass is 10.1. The molecule has 0 unspecified atom stereocenters. The summed E-state index contributed by atoms with van der Waals surface area (Å²) in [6, 6.07) is 5.32. The lowest BCUT2D eigenvalue weighted by Gasteiger charge is -2.15. The molecular formula is C12H17FN2. The van der Waals surface area contributed by atoms with Crippen LogP contribution in [-0.4, -0.2) is 18.0 Å². The van der Waals surface area contributed by atoms with Crippen LogP contribution >= 0.6 is 0 Å². The SMILES string of the molecule is NCc1ccc(CN2CCCC2)c(F)c1. The van der Waals surface area contributed by atoms with Gasteiger partial charge in [0.05, 0.1) is 0 Å². The maximum atomic E-state index is 13.6. The Hall–Kier alpha value is -0.930. The van der Waals surface area contributed by atoms with Crippen LogP contribution in [0, 0.1) is 5.82 Å². The minimum Gasteiger partial charge on any atom is -0.326 e. The smallest absolute Gasteiger partial charge is 0.128 e. The van der Waals surface area contributed by atoms with E-state index >= 15 is 0 Å². The van der Waals surface area contributed by atoms with E-state index in [2.05, 4.69) is 4.90 Å². The Labute approximate surface area is 89.9 Å². The average molecular weight is 208 g/mol. The topological polar surface area (TPSA) is 29.3 Å². The Kier molecular flexibility index (Phi) is 3.34. The summed E-state index contributed by atoms with van der Waals surface area (Å²) in [6.45, 7) is 3.33. The van der Waals surface area contributed by atoms with Gasteiger partial charge in [0.15, 0.2) is 0 Å². The molecule has 1 saturated heterocycles. The van der Waals surface area contributed by atoms with Crippen LogP contribution in [0.2, 0.25) is 0 Å². The van der Waals surface area contributed by atoms with Crippen LogP contribution in [0.5, 0.6) is 0 Å². The molecule has 2 rings (SSSR count). The first-order chi connectivity index (χ1) is 7.29. The van der Waals surface area contributed by atoms with Gasteiger partial charge in [0, 0.05) is 18.7 Å². The molecule has 1 fully saturated rings. The normalized spacial score (nSPS) is 17.2. The van der Waals surface area contributed by atoms with Crippen molar-refractivity contribution in [3.05, 3.63) is 35.1 Å². The number of likely N-dealkylation sites (tertiary alicyclic amines) is 1. The van der Waals surface area contributed by atoms with Gasteiger partial charge in [0.1, 0.15) is 5.82 Å². The molecule has 1 aliphatic heterocycles. The van der Waals surface area contributed by atoms with Crippen molar-refractivity contribution >= 4 is 0 Å². The van der Waals surface area contributed by atoms with E-state index in [1.807, 2.05) is 12.1 Å². The van der Waals surface area contributed by atoms with Crippen molar-refractivity contribution in [2.75, 3.05) is 13.1 Å². The molecule has 15 heavy (non-hydrogen) atoms. The molecule has 0 aromatic heterocycles. The minimum absolute atomic E-state index is 0.121. The zero-order chi connectivity index (χ0) is 10.7. The van der Waals surface area contributed by atoms with Gasteiger partial charge in [0.25, 0.3) is 0 Å². The Morgan fingerprint density at radius 3 is 2.60 bits per heavy atom. The third-order valence-corrected chi connectivity index (χ3v) is 2.95. The maximum Gasteiger partial charge on any atom is 0.128 e. The molecule has 3 heteroatoms. The predicted octanol–water partition coefficient (Wildman–Crippen LogP) is 1.88. The van der Waals surface area contributed by atoms with Crippen molar-refractivity contribution in [3.8, 4) is 0 Å². The van der Waals surface area contributed by atoms with E-state index in [0.717, 1.165) is 30.8 Å².